The van der Waals surface area contributed by atoms with Crippen molar-refractivity contribution in [2.75, 3.05) is 33.3 Å². The summed E-state index contributed by atoms with van der Waals surface area (Å²) in [7, 11) is 2.09. The van der Waals surface area contributed by atoms with Crippen molar-refractivity contribution < 1.29 is 9.13 Å². The number of morpholine rings is 1. The molecule has 5 heteroatoms. The number of halogens is 2. The predicted molar refractivity (Wildman–Crippen MR) is 77.8 cm³/mol. The molecular weight excluding hydrogens is 311 g/mol. The zero-order valence-electron chi connectivity index (χ0n) is 11.3. The molecule has 0 spiro atoms. The summed E-state index contributed by atoms with van der Waals surface area (Å²) in [6.45, 7) is 5.37. The first-order valence-corrected chi connectivity index (χ1v) is 7.34. The molecule has 0 aliphatic carbocycles. The highest BCUT2D eigenvalue weighted by molar-refractivity contribution is 9.10. The molecular formula is C14H20BrFN2O. The smallest absolute Gasteiger partial charge is 0.129 e. The van der Waals surface area contributed by atoms with Gasteiger partial charge in [-0.1, -0.05) is 22.0 Å². The first-order valence-electron chi connectivity index (χ1n) is 6.54. The van der Waals surface area contributed by atoms with Crippen molar-refractivity contribution in [1.82, 2.24) is 10.2 Å². The van der Waals surface area contributed by atoms with Gasteiger partial charge in [-0.25, -0.2) is 4.39 Å². The highest BCUT2D eigenvalue weighted by atomic mass is 79.9. The Balaban J connectivity index is 1.88. The lowest BCUT2D eigenvalue weighted by molar-refractivity contribution is -0.0191. The Morgan fingerprint density at radius 2 is 2.37 bits per heavy atom. The molecule has 1 N–H and O–H groups in total. The van der Waals surface area contributed by atoms with Gasteiger partial charge < -0.3 is 15.0 Å². The van der Waals surface area contributed by atoms with Gasteiger partial charge in [0.1, 0.15) is 5.82 Å². The van der Waals surface area contributed by atoms with E-state index in [4.69, 9.17) is 4.74 Å². The van der Waals surface area contributed by atoms with Crippen LogP contribution >= 0.6 is 15.9 Å². The first-order chi connectivity index (χ1) is 9.06. The van der Waals surface area contributed by atoms with Crippen LogP contribution in [0.25, 0.3) is 0 Å². The minimum Gasteiger partial charge on any atom is -0.374 e. The molecule has 0 radical (unpaired) electrons. The lowest BCUT2D eigenvalue weighted by atomic mass is 10.1. The fraction of sp³-hybridized carbons (Fsp3) is 0.571. The number of ether oxygens (including phenoxy) is 1. The summed E-state index contributed by atoms with van der Waals surface area (Å²) in [6.07, 6.45) is 0.180. The molecule has 2 rings (SSSR count). The van der Waals surface area contributed by atoms with Crippen LogP contribution in [0.15, 0.2) is 22.7 Å². The van der Waals surface area contributed by atoms with E-state index < -0.39 is 0 Å². The van der Waals surface area contributed by atoms with E-state index >= 15 is 0 Å². The van der Waals surface area contributed by atoms with E-state index in [1.54, 1.807) is 0 Å². The van der Waals surface area contributed by atoms with Crippen molar-refractivity contribution in [1.29, 1.82) is 0 Å². The van der Waals surface area contributed by atoms with Crippen LogP contribution in [-0.2, 0) is 4.74 Å². The van der Waals surface area contributed by atoms with Gasteiger partial charge in [0.15, 0.2) is 0 Å². The van der Waals surface area contributed by atoms with Crippen molar-refractivity contribution in [3.05, 3.63) is 34.1 Å². The van der Waals surface area contributed by atoms with Crippen LogP contribution in [-0.4, -0.2) is 44.3 Å². The van der Waals surface area contributed by atoms with Crippen LogP contribution in [0.1, 0.15) is 18.5 Å². The second kappa shape index (κ2) is 6.79. The molecule has 2 atom stereocenters. The maximum Gasteiger partial charge on any atom is 0.129 e. The SMILES string of the molecule is CC(NCC1CN(C)CCO1)c1ccc(Br)cc1F. The summed E-state index contributed by atoms with van der Waals surface area (Å²) in [6, 6.07) is 5.15. The van der Waals surface area contributed by atoms with Gasteiger partial charge in [0.05, 0.1) is 12.7 Å². The van der Waals surface area contributed by atoms with Crippen molar-refractivity contribution in [3.8, 4) is 0 Å². The van der Waals surface area contributed by atoms with E-state index in [1.807, 2.05) is 19.1 Å². The molecule has 1 aromatic rings. The fourth-order valence-corrected chi connectivity index (χ4v) is 2.59. The van der Waals surface area contributed by atoms with Crippen LogP contribution in [0, 0.1) is 5.82 Å². The molecule has 1 heterocycles. The van der Waals surface area contributed by atoms with Crippen LogP contribution in [0.3, 0.4) is 0 Å². The van der Waals surface area contributed by atoms with Gasteiger partial charge in [-0.2, -0.15) is 0 Å². The van der Waals surface area contributed by atoms with Crippen LogP contribution in [0.2, 0.25) is 0 Å². The minimum absolute atomic E-state index is 0.0241. The molecule has 0 aromatic heterocycles. The standard InChI is InChI=1S/C14H20BrFN2O/c1-10(13-4-3-11(15)7-14(13)16)17-8-12-9-18(2)5-6-19-12/h3-4,7,10,12,17H,5-6,8-9H2,1-2H3. The summed E-state index contributed by atoms with van der Waals surface area (Å²) in [5.41, 5.74) is 0.687. The van der Waals surface area contributed by atoms with Gasteiger partial charge >= 0.3 is 0 Å². The molecule has 0 bridgehead atoms. The van der Waals surface area contributed by atoms with Gasteiger partial charge in [0.25, 0.3) is 0 Å². The second-order valence-corrected chi connectivity index (χ2v) is 5.97. The van der Waals surface area contributed by atoms with Crippen molar-refractivity contribution in [2.24, 2.45) is 0 Å². The lowest BCUT2D eigenvalue weighted by Gasteiger charge is -2.31. The van der Waals surface area contributed by atoms with Gasteiger partial charge in [-0.15, -0.1) is 0 Å². The molecule has 1 saturated heterocycles. The molecule has 1 aromatic carbocycles. The molecule has 1 fully saturated rings. The van der Waals surface area contributed by atoms with Gasteiger partial charge in [-0.3, -0.25) is 0 Å². The molecule has 1 aliphatic rings. The van der Waals surface area contributed by atoms with E-state index in [2.05, 4.69) is 33.2 Å². The maximum atomic E-state index is 13.8. The number of rotatable bonds is 4. The van der Waals surface area contributed by atoms with Crippen LogP contribution in [0.4, 0.5) is 4.39 Å². The largest absolute Gasteiger partial charge is 0.374 e. The Morgan fingerprint density at radius 1 is 1.58 bits per heavy atom. The van der Waals surface area contributed by atoms with Gasteiger partial charge in [0.2, 0.25) is 0 Å². The lowest BCUT2D eigenvalue weighted by Crippen LogP contribution is -2.45. The average Bonchev–Trinajstić information content (AvgIpc) is 2.36. The fourth-order valence-electron chi connectivity index (χ4n) is 2.26. The number of hydrogen-bond acceptors (Lipinski definition) is 3. The van der Waals surface area contributed by atoms with Crippen LogP contribution in [0.5, 0.6) is 0 Å². The zero-order chi connectivity index (χ0) is 13.8. The average molecular weight is 331 g/mol. The summed E-state index contributed by atoms with van der Waals surface area (Å²) in [5.74, 6) is -0.184. The van der Waals surface area contributed by atoms with E-state index in [9.17, 15) is 4.39 Å². The number of benzene rings is 1. The Kier molecular flexibility index (Phi) is 5.33. The van der Waals surface area contributed by atoms with Crippen molar-refractivity contribution in [3.63, 3.8) is 0 Å². The Labute approximate surface area is 122 Å². The van der Waals surface area contributed by atoms with Crippen LogP contribution < -0.4 is 5.32 Å². The molecule has 0 saturated carbocycles. The number of hydrogen-bond donors (Lipinski definition) is 1. The Morgan fingerprint density at radius 3 is 3.05 bits per heavy atom. The minimum atomic E-state index is -0.184. The Bertz CT molecular complexity index is 430. The summed E-state index contributed by atoms with van der Waals surface area (Å²) >= 11 is 3.27. The first kappa shape index (κ1) is 14.9. The molecule has 19 heavy (non-hydrogen) atoms. The molecule has 1 aliphatic heterocycles. The molecule has 3 nitrogen and oxygen atoms in total. The third-order valence-electron chi connectivity index (χ3n) is 3.42. The predicted octanol–water partition coefficient (Wildman–Crippen LogP) is 2.57. The Hall–Kier alpha value is -0.490. The number of likely N-dealkylation sites (N-methyl/N-ethyl adjacent to an activating group) is 1. The van der Waals surface area contributed by atoms with E-state index in [-0.39, 0.29) is 18.0 Å². The maximum absolute atomic E-state index is 13.8. The monoisotopic (exact) mass is 330 g/mol. The van der Waals surface area contributed by atoms with Gasteiger partial charge in [-0.05, 0) is 26.1 Å². The van der Waals surface area contributed by atoms with E-state index in [0.717, 1.165) is 30.7 Å². The van der Waals surface area contributed by atoms with Crippen molar-refractivity contribution >= 4 is 15.9 Å². The zero-order valence-corrected chi connectivity index (χ0v) is 12.9. The van der Waals surface area contributed by atoms with Crippen molar-refractivity contribution in [2.45, 2.75) is 19.1 Å². The molecule has 106 valence electrons. The quantitative estimate of drug-likeness (QED) is 0.918. The molecule has 2 unspecified atom stereocenters. The summed E-state index contributed by atoms with van der Waals surface area (Å²) < 4.78 is 20.3. The highest BCUT2D eigenvalue weighted by Gasteiger charge is 2.19. The third-order valence-corrected chi connectivity index (χ3v) is 3.92. The number of nitrogens with one attached hydrogen (secondary N) is 1. The normalized spacial score (nSPS) is 22.4. The second-order valence-electron chi connectivity index (χ2n) is 5.05. The van der Waals surface area contributed by atoms with Gasteiger partial charge in [0, 0.05) is 35.7 Å². The van der Waals surface area contributed by atoms with E-state index in [0.29, 0.717) is 5.56 Å². The molecule has 0 amide bonds. The summed E-state index contributed by atoms with van der Waals surface area (Å²) in [5, 5.41) is 3.34. The third kappa shape index (κ3) is 4.24. The number of nitrogens with zero attached hydrogens (tertiary/aromatic N) is 1. The highest BCUT2D eigenvalue weighted by Crippen LogP contribution is 2.21. The van der Waals surface area contributed by atoms with E-state index in [1.165, 1.54) is 6.07 Å². The summed E-state index contributed by atoms with van der Waals surface area (Å²) in [4.78, 5) is 2.25. The topological polar surface area (TPSA) is 24.5 Å².